The van der Waals surface area contributed by atoms with Crippen LogP contribution in [-0.2, 0) is 28.6 Å². The zero-order valence-electron chi connectivity index (χ0n) is 14.2. The van der Waals surface area contributed by atoms with Gasteiger partial charge in [0.1, 0.15) is 18.3 Å². The number of ether oxygens (including phenoxy) is 3. The summed E-state index contributed by atoms with van der Waals surface area (Å²) < 4.78 is 16.3. The van der Waals surface area contributed by atoms with Crippen LogP contribution in [0.5, 0.6) is 0 Å². The maximum atomic E-state index is 12.1. The van der Waals surface area contributed by atoms with E-state index in [-0.39, 0.29) is 23.7 Å². The normalized spacial score (nSPS) is 33.4. The predicted molar refractivity (Wildman–Crippen MR) is 88.2 cm³/mol. The molecule has 132 valence electrons. The molecule has 25 heavy (non-hydrogen) atoms. The second kappa shape index (κ2) is 6.35. The molecule has 0 aromatic rings. The molecule has 0 radical (unpaired) electrons. The quantitative estimate of drug-likeness (QED) is 0.331. The third-order valence-corrected chi connectivity index (χ3v) is 4.57. The summed E-state index contributed by atoms with van der Waals surface area (Å²) in [7, 11) is 0. The number of carbonyl (C=O) groups excluding carboxylic acids is 3. The molecular weight excluding hydrogens is 324 g/mol. The molecule has 0 amide bonds. The van der Waals surface area contributed by atoms with Crippen molar-refractivity contribution in [3.8, 4) is 0 Å². The van der Waals surface area contributed by atoms with Gasteiger partial charge < -0.3 is 14.2 Å². The lowest BCUT2D eigenvalue weighted by atomic mass is 9.85. The van der Waals surface area contributed by atoms with Crippen LogP contribution in [0.25, 0.3) is 0 Å². The molecule has 1 aliphatic carbocycles. The second-order valence-electron chi connectivity index (χ2n) is 6.70. The Balaban J connectivity index is 2.01. The van der Waals surface area contributed by atoms with Gasteiger partial charge in [-0.3, -0.25) is 0 Å². The monoisotopic (exact) mass is 344 g/mol. The smallest absolute Gasteiger partial charge is 0.334 e. The summed E-state index contributed by atoms with van der Waals surface area (Å²) in [5.41, 5.74) is 1.82. The summed E-state index contributed by atoms with van der Waals surface area (Å²) in [6.45, 7) is 10.8. The Morgan fingerprint density at radius 1 is 1.20 bits per heavy atom. The summed E-state index contributed by atoms with van der Waals surface area (Å²) in [6.07, 6.45) is 2.52. The number of rotatable bonds is 2. The standard InChI is InChI=1S/C19H20O6/c1-9(2)17(20)24-15-8-12-7-13(23-19(12)22)5-10(3)6-14-16(15)11(4)18(21)25-14/h6-7,13-16H,1,4-5,8H2,2-3H3/b10-6-/t13?,14-,15+,16+/m0/s1. The third-order valence-electron chi connectivity index (χ3n) is 4.57. The van der Waals surface area contributed by atoms with Crippen molar-refractivity contribution in [3.63, 3.8) is 0 Å². The average Bonchev–Trinajstić information content (AvgIpc) is 2.98. The fraction of sp³-hybridized carbons (Fsp3) is 0.421. The van der Waals surface area contributed by atoms with E-state index in [1.807, 2.05) is 13.0 Å². The van der Waals surface area contributed by atoms with Crippen molar-refractivity contribution in [3.05, 3.63) is 47.6 Å². The molecule has 0 N–H and O–H groups in total. The molecule has 0 spiro atoms. The first-order chi connectivity index (χ1) is 11.8. The molecule has 0 aromatic carbocycles. The Labute approximate surface area is 145 Å². The van der Waals surface area contributed by atoms with E-state index >= 15 is 0 Å². The van der Waals surface area contributed by atoms with Crippen LogP contribution < -0.4 is 0 Å². The van der Waals surface area contributed by atoms with E-state index in [2.05, 4.69) is 13.2 Å². The van der Waals surface area contributed by atoms with Gasteiger partial charge in [0, 0.05) is 29.6 Å². The van der Waals surface area contributed by atoms with Crippen molar-refractivity contribution in [2.75, 3.05) is 0 Å². The van der Waals surface area contributed by atoms with Gasteiger partial charge in [0.25, 0.3) is 0 Å². The SMILES string of the molecule is C=C(C)C(=O)O[C@@H]1CC2=CC(C/C(C)=C\[C@@H]3OC(=O)C(=C)[C@H]31)OC2=O. The Morgan fingerprint density at radius 2 is 1.92 bits per heavy atom. The summed E-state index contributed by atoms with van der Waals surface area (Å²) in [5, 5.41) is 0. The van der Waals surface area contributed by atoms with Crippen LogP contribution in [0.15, 0.2) is 47.6 Å². The Kier molecular flexibility index (Phi) is 4.37. The van der Waals surface area contributed by atoms with E-state index in [0.29, 0.717) is 12.0 Å². The van der Waals surface area contributed by atoms with Crippen molar-refractivity contribution in [1.29, 1.82) is 0 Å². The van der Waals surface area contributed by atoms with Gasteiger partial charge in [-0.1, -0.05) is 18.7 Å². The minimum absolute atomic E-state index is 0.137. The molecule has 2 bridgehead atoms. The zero-order chi connectivity index (χ0) is 18.3. The number of fused-ring (bicyclic) bond motifs is 2. The lowest BCUT2D eigenvalue weighted by molar-refractivity contribution is -0.148. The van der Waals surface area contributed by atoms with Gasteiger partial charge in [-0.25, -0.2) is 14.4 Å². The van der Waals surface area contributed by atoms with Crippen LogP contribution in [0.1, 0.15) is 26.7 Å². The van der Waals surface area contributed by atoms with Crippen LogP contribution in [0.2, 0.25) is 0 Å². The van der Waals surface area contributed by atoms with E-state index in [1.165, 1.54) is 6.92 Å². The molecule has 2 heterocycles. The summed E-state index contributed by atoms with van der Waals surface area (Å²) >= 11 is 0. The molecule has 6 nitrogen and oxygen atoms in total. The second-order valence-corrected chi connectivity index (χ2v) is 6.70. The highest BCUT2D eigenvalue weighted by Gasteiger charge is 2.46. The summed E-state index contributed by atoms with van der Waals surface area (Å²) in [6, 6.07) is 0. The topological polar surface area (TPSA) is 78.9 Å². The molecule has 1 saturated heterocycles. The van der Waals surface area contributed by atoms with Crippen molar-refractivity contribution < 1.29 is 28.6 Å². The lowest BCUT2D eigenvalue weighted by Gasteiger charge is -2.26. The fourth-order valence-electron chi connectivity index (χ4n) is 3.33. The fourth-order valence-corrected chi connectivity index (χ4v) is 3.33. The molecule has 6 heteroatoms. The number of carbonyl (C=O) groups is 3. The number of esters is 3. The molecule has 0 saturated carbocycles. The molecule has 2 aliphatic heterocycles. The van der Waals surface area contributed by atoms with Crippen LogP contribution in [0.3, 0.4) is 0 Å². The molecule has 0 aromatic heterocycles. The van der Waals surface area contributed by atoms with Gasteiger partial charge >= 0.3 is 17.9 Å². The van der Waals surface area contributed by atoms with Crippen molar-refractivity contribution in [1.82, 2.24) is 0 Å². The van der Waals surface area contributed by atoms with Crippen molar-refractivity contribution in [2.45, 2.75) is 45.0 Å². The number of hydrogen-bond acceptors (Lipinski definition) is 6. The van der Waals surface area contributed by atoms with Gasteiger partial charge in [-0.05, 0) is 26.0 Å². The predicted octanol–water partition coefficient (Wildman–Crippen LogP) is 2.16. The molecule has 1 unspecified atom stereocenters. The third kappa shape index (κ3) is 3.29. The van der Waals surface area contributed by atoms with Gasteiger partial charge in [0.15, 0.2) is 0 Å². The molecule has 3 aliphatic rings. The first kappa shape index (κ1) is 17.2. The highest BCUT2D eigenvalue weighted by Crippen LogP contribution is 2.38. The average molecular weight is 344 g/mol. The molecule has 3 rings (SSSR count). The first-order valence-electron chi connectivity index (χ1n) is 8.11. The maximum absolute atomic E-state index is 12.1. The summed E-state index contributed by atoms with van der Waals surface area (Å²) in [5.74, 6) is -2.09. The van der Waals surface area contributed by atoms with Crippen molar-refractivity contribution >= 4 is 17.9 Å². The van der Waals surface area contributed by atoms with Gasteiger partial charge in [0.2, 0.25) is 0 Å². The van der Waals surface area contributed by atoms with Gasteiger partial charge in [-0.2, -0.15) is 0 Å². The van der Waals surface area contributed by atoms with E-state index in [1.54, 1.807) is 6.08 Å². The Morgan fingerprint density at radius 3 is 2.60 bits per heavy atom. The molecule has 1 fully saturated rings. The van der Waals surface area contributed by atoms with E-state index in [4.69, 9.17) is 14.2 Å². The summed E-state index contributed by atoms with van der Waals surface area (Å²) in [4.78, 5) is 36.2. The van der Waals surface area contributed by atoms with Crippen LogP contribution in [0.4, 0.5) is 0 Å². The van der Waals surface area contributed by atoms with E-state index < -0.39 is 36.0 Å². The van der Waals surface area contributed by atoms with Crippen LogP contribution in [-0.4, -0.2) is 36.2 Å². The van der Waals surface area contributed by atoms with Crippen molar-refractivity contribution in [2.24, 2.45) is 5.92 Å². The van der Waals surface area contributed by atoms with Gasteiger partial charge in [0.05, 0.1) is 5.92 Å². The Bertz CT molecular complexity index is 741. The zero-order valence-corrected chi connectivity index (χ0v) is 14.2. The highest BCUT2D eigenvalue weighted by molar-refractivity contribution is 5.93. The Hall–Kier alpha value is -2.63. The van der Waals surface area contributed by atoms with Crippen LogP contribution >= 0.6 is 0 Å². The molecule has 4 atom stereocenters. The number of hydrogen-bond donors (Lipinski definition) is 0. The highest BCUT2D eigenvalue weighted by atomic mass is 16.6. The largest absolute Gasteiger partial charge is 0.458 e. The van der Waals surface area contributed by atoms with Gasteiger partial charge in [-0.15, -0.1) is 0 Å². The van der Waals surface area contributed by atoms with E-state index in [9.17, 15) is 14.4 Å². The molecular formula is C19H20O6. The minimum atomic E-state index is -0.771. The lowest BCUT2D eigenvalue weighted by Crippen LogP contribution is -2.34. The van der Waals surface area contributed by atoms with E-state index in [0.717, 1.165) is 5.57 Å². The maximum Gasteiger partial charge on any atom is 0.334 e. The minimum Gasteiger partial charge on any atom is -0.458 e. The van der Waals surface area contributed by atoms with Crippen LogP contribution in [0, 0.1) is 5.92 Å². The first-order valence-corrected chi connectivity index (χ1v) is 8.11.